The highest BCUT2D eigenvalue weighted by atomic mass is 35.5. The minimum Gasteiger partial charge on any atom is -0.332 e. The SMILES string of the molecule is C=C(NC(=O)c1ccc(C=CC(c2cc(Cl)c(Cl)c(Cl)c2)C(F)(F)F)cc1C(F)(F)F)C(=O)NC(C(F)(F)F)C(F)(F)F. The van der Waals surface area contributed by atoms with Gasteiger partial charge in [-0.2, -0.15) is 52.7 Å². The van der Waals surface area contributed by atoms with Gasteiger partial charge >= 0.3 is 24.7 Å². The fourth-order valence-corrected chi connectivity index (χ4v) is 3.91. The number of hydrogen-bond acceptors (Lipinski definition) is 2. The molecule has 2 amide bonds. The summed E-state index contributed by atoms with van der Waals surface area (Å²) in [7, 11) is 0. The fraction of sp³-hybridized carbons (Fsp3) is 0.250. The standard InChI is InChI=1S/C24H13Cl3F12N2O2/c1-9(18(42)41-20(23(34,35)36)24(37,38)39)40-19(43)12-4-2-10(6-14(12)22(31,32)33)3-5-13(21(28,29)30)11-7-15(25)17(27)16(26)8-11/h2-8,13,20H,1H2,(H,40,43)(H,41,42). The van der Waals surface area contributed by atoms with Crippen LogP contribution >= 0.6 is 34.8 Å². The van der Waals surface area contributed by atoms with E-state index in [4.69, 9.17) is 34.8 Å². The number of carbonyl (C=O) groups excluding carboxylic acids is 2. The molecular formula is C24H13Cl3F12N2O2. The molecule has 0 aliphatic heterocycles. The van der Waals surface area contributed by atoms with Crippen LogP contribution in [0.4, 0.5) is 52.7 Å². The predicted octanol–water partition coefficient (Wildman–Crippen LogP) is 8.88. The second-order valence-electron chi connectivity index (χ2n) is 8.40. The van der Waals surface area contributed by atoms with Crippen LogP contribution in [0, 0.1) is 0 Å². The number of benzene rings is 2. The molecule has 0 aliphatic rings. The molecule has 0 fully saturated rings. The van der Waals surface area contributed by atoms with E-state index in [2.05, 4.69) is 6.58 Å². The van der Waals surface area contributed by atoms with Crippen molar-refractivity contribution in [3.8, 4) is 0 Å². The fourth-order valence-electron chi connectivity index (χ4n) is 3.30. The third-order valence-electron chi connectivity index (χ3n) is 5.26. The third kappa shape index (κ3) is 9.44. The Bertz CT molecular complexity index is 1390. The maximum absolute atomic E-state index is 13.7. The van der Waals surface area contributed by atoms with E-state index >= 15 is 0 Å². The van der Waals surface area contributed by atoms with E-state index in [1.54, 1.807) is 0 Å². The molecule has 2 aromatic carbocycles. The number of rotatable bonds is 7. The summed E-state index contributed by atoms with van der Waals surface area (Å²) in [5.41, 5.74) is -5.62. The van der Waals surface area contributed by atoms with E-state index < -0.39 is 76.4 Å². The van der Waals surface area contributed by atoms with E-state index in [0.29, 0.717) is 23.5 Å². The van der Waals surface area contributed by atoms with E-state index in [-0.39, 0.29) is 21.1 Å². The Hall–Kier alpha value is -3.11. The van der Waals surface area contributed by atoms with Gasteiger partial charge < -0.3 is 10.6 Å². The summed E-state index contributed by atoms with van der Waals surface area (Å²) >= 11 is 17.3. The van der Waals surface area contributed by atoms with Crippen LogP contribution in [-0.4, -0.2) is 36.4 Å². The number of allylic oxidation sites excluding steroid dienone is 1. The van der Waals surface area contributed by atoms with Gasteiger partial charge in [-0.15, -0.1) is 0 Å². The Morgan fingerprint density at radius 2 is 1.30 bits per heavy atom. The summed E-state index contributed by atoms with van der Waals surface area (Å²) in [6.45, 7) is 2.76. The normalized spacial score (nSPS) is 13.8. The Balaban J connectivity index is 2.40. The number of halogens is 15. The van der Waals surface area contributed by atoms with Gasteiger partial charge in [0.05, 0.1) is 37.8 Å². The number of amides is 2. The van der Waals surface area contributed by atoms with Crippen molar-refractivity contribution in [3.63, 3.8) is 0 Å². The van der Waals surface area contributed by atoms with Crippen LogP contribution in [0.5, 0.6) is 0 Å². The number of nitrogens with one attached hydrogen (secondary N) is 2. The molecule has 19 heteroatoms. The zero-order valence-electron chi connectivity index (χ0n) is 20.4. The molecule has 1 atom stereocenters. The number of hydrogen-bond donors (Lipinski definition) is 2. The largest absolute Gasteiger partial charge is 0.417 e. The first-order valence-electron chi connectivity index (χ1n) is 10.9. The zero-order chi connectivity index (χ0) is 33.3. The topological polar surface area (TPSA) is 58.2 Å². The third-order valence-corrected chi connectivity index (χ3v) is 6.46. The highest BCUT2D eigenvalue weighted by molar-refractivity contribution is 6.48. The van der Waals surface area contributed by atoms with Crippen molar-refractivity contribution in [2.24, 2.45) is 0 Å². The lowest BCUT2D eigenvalue weighted by Gasteiger charge is -2.24. The molecule has 0 radical (unpaired) electrons. The maximum atomic E-state index is 13.7. The van der Waals surface area contributed by atoms with Gasteiger partial charge in [0, 0.05) is 0 Å². The molecule has 0 aromatic heterocycles. The molecule has 2 N–H and O–H groups in total. The van der Waals surface area contributed by atoms with Gasteiger partial charge in [0.25, 0.3) is 11.8 Å². The van der Waals surface area contributed by atoms with Crippen LogP contribution < -0.4 is 10.6 Å². The van der Waals surface area contributed by atoms with Crippen LogP contribution in [0.25, 0.3) is 6.08 Å². The lowest BCUT2D eigenvalue weighted by molar-refractivity contribution is -0.257. The molecule has 0 aliphatic carbocycles. The Labute approximate surface area is 248 Å². The van der Waals surface area contributed by atoms with Gasteiger partial charge in [0.2, 0.25) is 6.04 Å². The van der Waals surface area contributed by atoms with E-state index in [1.165, 1.54) is 5.32 Å². The molecule has 4 nitrogen and oxygen atoms in total. The molecule has 2 aromatic rings. The summed E-state index contributed by atoms with van der Waals surface area (Å²) in [4.78, 5) is 24.2. The minimum absolute atomic E-state index is 0.229. The molecule has 1 unspecified atom stereocenters. The Kier molecular flexibility index (Phi) is 10.8. The minimum atomic E-state index is -6.03. The van der Waals surface area contributed by atoms with Crippen molar-refractivity contribution in [1.29, 1.82) is 0 Å². The van der Waals surface area contributed by atoms with Crippen molar-refractivity contribution in [3.05, 3.63) is 86.0 Å². The number of carbonyl (C=O) groups is 2. The Morgan fingerprint density at radius 3 is 1.74 bits per heavy atom. The highest BCUT2D eigenvalue weighted by Crippen LogP contribution is 2.41. The summed E-state index contributed by atoms with van der Waals surface area (Å²) in [5.74, 6) is -6.50. The molecule has 0 saturated heterocycles. The second kappa shape index (κ2) is 12.9. The maximum Gasteiger partial charge on any atom is 0.417 e. The molecular weight excluding hydrogens is 683 g/mol. The first kappa shape index (κ1) is 36.1. The van der Waals surface area contributed by atoms with Gasteiger partial charge in [0.1, 0.15) is 0 Å². The highest BCUT2D eigenvalue weighted by Gasteiger charge is 2.57. The van der Waals surface area contributed by atoms with Crippen LogP contribution in [0.1, 0.15) is 33.0 Å². The quantitative estimate of drug-likeness (QED) is 0.173. The summed E-state index contributed by atoms with van der Waals surface area (Å²) < 4.78 is 158. The van der Waals surface area contributed by atoms with E-state index in [0.717, 1.165) is 18.2 Å². The molecule has 43 heavy (non-hydrogen) atoms. The monoisotopic (exact) mass is 694 g/mol. The van der Waals surface area contributed by atoms with Crippen LogP contribution in [0.3, 0.4) is 0 Å². The molecule has 2 rings (SSSR count). The zero-order valence-corrected chi connectivity index (χ0v) is 22.7. The van der Waals surface area contributed by atoms with Crippen molar-refractivity contribution < 1.29 is 62.3 Å². The van der Waals surface area contributed by atoms with Crippen molar-refractivity contribution in [1.82, 2.24) is 10.6 Å². The van der Waals surface area contributed by atoms with E-state index in [1.807, 2.05) is 0 Å². The van der Waals surface area contributed by atoms with Crippen molar-refractivity contribution in [2.45, 2.75) is 36.7 Å². The summed E-state index contributed by atoms with van der Waals surface area (Å²) in [6, 6.07) is -1.31. The number of alkyl halides is 12. The van der Waals surface area contributed by atoms with Crippen LogP contribution in [0.2, 0.25) is 15.1 Å². The van der Waals surface area contributed by atoms with Crippen LogP contribution in [0.15, 0.2) is 48.7 Å². The molecule has 0 spiro atoms. The summed E-state index contributed by atoms with van der Waals surface area (Å²) in [5, 5.41) is 0.945. The van der Waals surface area contributed by atoms with Gasteiger partial charge in [0.15, 0.2) is 0 Å². The van der Waals surface area contributed by atoms with E-state index in [9.17, 15) is 62.3 Å². The average molecular weight is 696 g/mol. The first-order valence-corrected chi connectivity index (χ1v) is 12.0. The summed E-state index contributed by atoms with van der Waals surface area (Å²) in [6.07, 6.45) is -21.3. The molecule has 0 heterocycles. The average Bonchev–Trinajstić information content (AvgIpc) is 2.82. The van der Waals surface area contributed by atoms with Crippen LogP contribution in [-0.2, 0) is 11.0 Å². The smallest absolute Gasteiger partial charge is 0.332 e. The Morgan fingerprint density at radius 1 is 0.791 bits per heavy atom. The molecule has 0 saturated carbocycles. The van der Waals surface area contributed by atoms with Gasteiger partial charge in [-0.05, 0) is 35.4 Å². The van der Waals surface area contributed by atoms with Gasteiger partial charge in [-0.3, -0.25) is 9.59 Å². The molecule has 236 valence electrons. The van der Waals surface area contributed by atoms with Crippen molar-refractivity contribution in [2.75, 3.05) is 0 Å². The predicted molar refractivity (Wildman–Crippen MR) is 131 cm³/mol. The lowest BCUT2D eigenvalue weighted by Crippen LogP contribution is -2.55. The molecule has 0 bridgehead atoms. The lowest BCUT2D eigenvalue weighted by atomic mass is 9.96. The van der Waals surface area contributed by atoms with Crippen molar-refractivity contribution >= 4 is 52.7 Å². The second-order valence-corrected chi connectivity index (χ2v) is 9.59. The van der Waals surface area contributed by atoms with Gasteiger partial charge in [-0.1, -0.05) is 59.6 Å². The van der Waals surface area contributed by atoms with Gasteiger partial charge in [-0.25, -0.2) is 0 Å². The first-order chi connectivity index (χ1) is 19.3.